The van der Waals surface area contributed by atoms with Gasteiger partial charge in [-0.05, 0) is 42.5 Å². The fourth-order valence-electron chi connectivity index (χ4n) is 3.94. The van der Waals surface area contributed by atoms with E-state index in [0.717, 1.165) is 27.6 Å². The van der Waals surface area contributed by atoms with Gasteiger partial charge in [0, 0.05) is 10.6 Å². The lowest BCUT2D eigenvalue weighted by atomic mass is 10.1. The van der Waals surface area contributed by atoms with Crippen LogP contribution < -0.4 is 11.0 Å². The predicted octanol–water partition coefficient (Wildman–Crippen LogP) is 4.18. The molecular weight excluding hydrogens is 440 g/mol. The lowest BCUT2D eigenvalue weighted by Gasteiger charge is -2.12. The van der Waals surface area contributed by atoms with E-state index < -0.39 is 0 Å². The number of anilines is 1. The van der Waals surface area contributed by atoms with E-state index in [1.807, 2.05) is 54.6 Å². The van der Waals surface area contributed by atoms with Crippen molar-refractivity contribution in [3.8, 4) is 16.9 Å². The summed E-state index contributed by atoms with van der Waals surface area (Å²) in [6, 6.07) is 20.7. The second-order valence-electron chi connectivity index (χ2n) is 7.51. The van der Waals surface area contributed by atoms with Gasteiger partial charge in [-0.15, -0.1) is 5.10 Å². The summed E-state index contributed by atoms with van der Waals surface area (Å²) >= 11 is 6.12. The molecule has 3 aromatic heterocycles. The molecule has 3 aromatic carbocycles. The van der Waals surface area contributed by atoms with Gasteiger partial charge in [-0.2, -0.15) is 0 Å². The minimum absolute atomic E-state index is 0.273. The van der Waals surface area contributed by atoms with E-state index in [1.165, 1.54) is 0 Å². The first kappa shape index (κ1) is 19.3. The van der Waals surface area contributed by atoms with E-state index in [2.05, 4.69) is 30.6 Å². The van der Waals surface area contributed by atoms with Crippen LogP contribution in [0.15, 0.2) is 77.9 Å². The summed E-state index contributed by atoms with van der Waals surface area (Å²) in [7, 11) is 0. The van der Waals surface area contributed by atoms with E-state index in [1.54, 1.807) is 27.7 Å². The van der Waals surface area contributed by atoms with Gasteiger partial charge < -0.3 is 10.3 Å². The number of fused-ring (bicyclic) bond motifs is 2. The van der Waals surface area contributed by atoms with E-state index in [0.29, 0.717) is 28.9 Å². The lowest BCUT2D eigenvalue weighted by Crippen LogP contribution is -2.15. The molecule has 0 radical (unpaired) electrons. The molecule has 0 fully saturated rings. The standard InChI is InChI=1S/C23H17ClN8O/c24-15-7-5-14(6-8-15)21-22(27-13-31-20-4-2-1-3-18(20)29-30-31)28-23(33)32(21)16-9-10-17-19(11-16)26-12-25-17/h1-12,27H,13H2,(H,25,26)(H,28,33). The highest BCUT2D eigenvalue weighted by molar-refractivity contribution is 6.30. The molecule has 0 aliphatic heterocycles. The second-order valence-corrected chi connectivity index (χ2v) is 7.95. The van der Waals surface area contributed by atoms with Crippen molar-refractivity contribution in [3.63, 3.8) is 0 Å². The number of rotatable bonds is 5. The summed E-state index contributed by atoms with van der Waals surface area (Å²) < 4.78 is 3.37. The van der Waals surface area contributed by atoms with Crippen LogP contribution in [0.4, 0.5) is 5.82 Å². The SMILES string of the molecule is O=c1[nH]c(NCn2nnc3ccccc32)c(-c2ccc(Cl)cc2)n1-c1ccc2nc[nH]c2c1. The maximum absolute atomic E-state index is 13.1. The molecule has 0 saturated carbocycles. The number of hydrogen-bond donors (Lipinski definition) is 3. The van der Waals surface area contributed by atoms with Crippen LogP contribution in [0.3, 0.4) is 0 Å². The minimum Gasteiger partial charge on any atom is -0.351 e. The average molecular weight is 457 g/mol. The normalized spacial score (nSPS) is 11.4. The average Bonchev–Trinajstić information content (AvgIpc) is 3.54. The van der Waals surface area contributed by atoms with Crippen LogP contribution in [0.25, 0.3) is 39.0 Å². The third-order valence-electron chi connectivity index (χ3n) is 5.50. The van der Waals surface area contributed by atoms with Crippen molar-refractivity contribution in [1.29, 1.82) is 0 Å². The molecule has 6 rings (SSSR count). The van der Waals surface area contributed by atoms with Crippen molar-refractivity contribution >= 4 is 39.5 Å². The van der Waals surface area contributed by atoms with Crippen LogP contribution in [0, 0.1) is 0 Å². The molecule has 10 heteroatoms. The molecule has 6 aromatic rings. The maximum atomic E-state index is 13.1. The molecule has 0 aliphatic carbocycles. The largest absolute Gasteiger partial charge is 0.351 e. The highest BCUT2D eigenvalue weighted by atomic mass is 35.5. The molecule has 9 nitrogen and oxygen atoms in total. The molecule has 0 amide bonds. The first-order valence-electron chi connectivity index (χ1n) is 10.2. The van der Waals surface area contributed by atoms with Crippen molar-refractivity contribution in [3.05, 3.63) is 88.6 Å². The number of para-hydroxylation sites is 1. The van der Waals surface area contributed by atoms with Crippen molar-refractivity contribution < 1.29 is 0 Å². The number of imidazole rings is 2. The number of nitrogens with one attached hydrogen (secondary N) is 3. The van der Waals surface area contributed by atoms with Crippen molar-refractivity contribution in [2.45, 2.75) is 6.67 Å². The first-order valence-corrected chi connectivity index (χ1v) is 10.6. The van der Waals surface area contributed by atoms with E-state index in [9.17, 15) is 4.79 Å². The third-order valence-corrected chi connectivity index (χ3v) is 5.75. The van der Waals surface area contributed by atoms with E-state index in [-0.39, 0.29) is 5.69 Å². The third kappa shape index (κ3) is 3.35. The van der Waals surface area contributed by atoms with Gasteiger partial charge in [-0.25, -0.2) is 14.5 Å². The maximum Gasteiger partial charge on any atom is 0.332 e. The number of aromatic nitrogens is 7. The van der Waals surface area contributed by atoms with Crippen LogP contribution in [0.2, 0.25) is 5.02 Å². The molecule has 0 spiro atoms. The molecule has 3 N–H and O–H groups in total. The van der Waals surface area contributed by atoms with Crippen LogP contribution in [-0.2, 0) is 6.67 Å². The molecule has 162 valence electrons. The Balaban J connectivity index is 1.47. The van der Waals surface area contributed by atoms with Crippen LogP contribution >= 0.6 is 11.6 Å². The lowest BCUT2D eigenvalue weighted by molar-refractivity contribution is 0.654. The molecular formula is C23H17ClN8O. The Morgan fingerprint density at radius 3 is 2.73 bits per heavy atom. The Morgan fingerprint density at radius 2 is 1.85 bits per heavy atom. The number of halogens is 1. The number of benzene rings is 3. The van der Waals surface area contributed by atoms with Gasteiger partial charge in [0.25, 0.3) is 0 Å². The fourth-order valence-corrected chi connectivity index (χ4v) is 4.07. The van der Waals surface area contributed by atoms with Crippen molar-refractivity contribution in [2.24, 2.45) is 0 Å². The summed E-state index contributed by atoms with van der Waals surface area (Å²) in [6.45, 7) is 0.320. The topological polar surface area (TPSA) is 109 Å². The monoisotopic (exact) mass is 456 g/mol. The fraction of sp³-hybridized carbons (Fsp3) is 0.0435. The minimum atomic E-state index is -0.273. The molecule has 0 bridgehead atoms. The van der Waals surface area contributed by atoms with Crippen LogP contribution in [-0.4, -0.2) is 34.5 Å². The Morgan fingerprint density at radius 1 is 1.00 bits per heavy atom. The zero-order valence-corrected chi connectivity index (χ0v) is 17.9. The summed E-state index contributed by atoms with van der Waals surface area (Å²) in [5, 5.41) is 12.3. The van der Waals surface area contributed by atoms with Gasteiger partial charge in [0.1, 0.15) is 18.0 Å². The Hall–Kier alpha value is -4.37. The Bertz CT molecular complexity index is 1660. The highest BCUT2D eigenvalue weighted by Crippen LogP contribution is 2.30. The number of nitrogens with zero attached hydrogens (tertiary/aromatic N) is 5. The Kier molecular flexibility index (Phi) is 4.48. The summed E-state index contributed by atoms with van der Waals surface area (Å²) in [6.07, 6.45) is 1.63. The van der Waals surface area contributed by atoms with Gasteiger partial charge in [0.2, 0.25) is 0 Å². The van der Waals surface area contributed by atoms with E-state index >= 15 is 0 Å². The summed E-state index contributed by atoms with van der Waals surface area (Å²) in [5.74, 6) is 0.562. The van der Waals surface area contributed by atoms with Gasteiger partial charge in [-0.1, -0.05) is 41.1 Å². The second kappa shape index (κ2) is 7.64. The zero-order valence-electron chi connectivity index (χ0n) is 17.2. The molecule has 0 unspecified atom stereocenters. The zero-order chi connectivity index (χ0) is 22.4. The van der Waals surface area contributed by atoms with Gasteiger partial charge in [0.05, 0.1) is 34.3 Å². The molecule has 0 saturated heterocycles. The molecule has 3 heterocycles. The number of H-pyrrole nitrogens is 2. The predicted molar refractivity (Wildman–Crippen MR) is 128 cm³/mol. The highest BCUT2D eigenvalue weighted by Gasteiger charge is 2.18. The first-order chi connectivity index (χ1) is 16.2. The van der Waals surface area contributed by atoms with Gasteiger partial charge in [0.15, 0.2) is 0 Å². The summed E-state index contributed by atoms with van der Waals surface area (Å²) in [4.78, 5) is 23.4. The Labute approximate surface area is 191 Å². The summed E-state index contributed by atoms with van der Waals surface area (Å²) in [5.41, 5.74) is 5.30. The quantitative estimate of drug-likeness (QED) is 0.360. The van der Waals surface area contributed by atoms with Crippen LogP contribution in [0.1, 0.15) is 0 Å². The smallest absolute Gasteiger partial charge is 0.332 e. The van der Waals surface area contributed by atoms with Gasteiger partial charge >= 0.3 is 5.69 Å². The molecule has 33 heavy (non-hydrogen) atoms. The number of aromatic amines is 2. The number of hydrogen-bond acceptors (Lipinski definition) is 5. The molecule has 0 atom stereocenters. The van der Waals surface area contributed by atoms with Gasteiger partial charge in [-0.3, -0.25) is 9.55 Å². The molecule has 0 aliphatic rings. The van der Waals surface area contributed by atoms with Crippen LogP contribution in [0.5, 0.6) is 0 Å². The van der Waals surface area contributed by atoms with E-state index in [4.69, 9.17) is 11.6 Å². The van der Waals surface area contributed by atoms with Crippen molar-refractivity contribution in [2.75, 3.05) is 5.32 Å². The van der Waals surface area contributed by atoms with Crippen molar-refractivity contribution in [1.82, 2.24) is 34.5 Å².